The van der Waals surface area contributed by atoms with Gasteiger partial charge in [0.05, 0.1) is 12.3 Å². The summed E-state index contributed by atoms with van der Waals surface area (Å²) < 4.78 is 1.90. The van der Waals surface area contributed by atoms with Gasteiger partial charge in [-0.1, -0.05) is 4.99 Å². The van der Waals surface area contributed by atoms with E-state index in [0.717, 1.165) is 11.5 Å². The first-order valence-electron chi connectivity index (χ1n) is 5.93. The zero-order chi connectivity index (χ0) is 13.1. The molecule has 18 heavy (non-hydrogen) atoms. The summed E-state index contributed by atoms with van der Waals surface area (Å²) in [5.74, 6) is 0.905. The molecule has 0 bridgehead atoms. The Kier molecular flexibility index (Phi) is 3.83. The first-order chi connectivity index (χ1) is 8.65. The van der Waals surface area contributed by atoms with Gasteiger partial charge in [0.25, 0.3) is 11.8 Å². The van der Waals surface area contributed by atoms with E-state index in [9.17, 15) is 0 Å². The minimum Gasteiger partial charge on any atom is -0.396 e. The van der Waals surface area contributed by atoms with Gasteiger partial charge in [-0.2, -0.15) is 0 Å². The molecule has 7 heteroatoms. The molecule has 2 heterocycles. The predicted octanol–water partition coefficient (Wildman–Crippen LogP) is -1.41. The van der Waals surface area contributed by atoms with E-state index >= 15 is 0 Å². The van der Waals surface area contributed by atoms with Crippen LogP contribution in [0.1, 0.15) is 13.3 Å². The number of aliphatic hydroxyl groups excluding tert-OH is 2. The standard InChI is InChI=1S/C11H17N5O2/c1-7-9-10(15-11(12)14-7)16(6-13-9)3-2-8(4-17)5-18/h6,8-9,12,17-18H,2-5H2,1H3/p+1. The number of nitrogens with zero attached hydrogens (tertiary/aromatic N) is 4. The first kappa shape index (κ1) is 12.8. The van der Waals surface area contributed by atoms with E-state index < -0.39 is 0 Å². The molecule has 0 fully saturated rings. The molecule has 0 aliphatic carbocycles. The van der Waals surface area contributed by atoms with Gasteiger partial charge in [-0.05, 0) is 13.3 Å². The molecule has 0 aromatic rings. The van der Waals surface area contributed by atoms with Crippen LogP contribution in [0.25, 0.3) is 0 Å². The van der Waals surface area contributed by atoms with Gasteiger partial charge in [-0.25, -0.2) is 9.57 Å². The minimum atomic E-state index is -0.140. The summed E-state index contributed by atoms with van der Waals surface area (Å²) in [5, 5.41) is 18.1. The highest BCUT2D eigenvalue weighted by Gasteiger charge is 2.36. The molecular weight excluding hydrogens is 234 g/mol. The molecule has 0 aromatic heterocycles. The van der Waals surface area contributed by atoms with Gasteiger partial charge in [0.15, 0.2) is 0 Å². The van der Waals surface area contributed by atoms with E-state index in [2.05, 4.69) is 15.0 Å². The zero-order valence-corrected chi connectivity index (χ0v) is 10.3. The van der Waals surface area contributed by atoms with E-state index in [1.165, 1.54) is 0 Å². The topological polar surface area (TPSA) is 107 Å². The van der Waals surface area contributed by atoms with Crippen LogP contribution in [-0.2, 0) is 0 Å². The summed E-state index contributed by atoms with van der Waals surface area (Å²) in [4.78, 5) is 12.6. The molecule has 7 nitrogen and oxygen atoms in total. The molecule has 98 valence electrons. The Hall–Kier alpha value is -1.60. The summed E-state index contributed by atoms with van der Waals surface area (Å²) in [5.41, 5.74) is 6.46. The Balaban J connectivity index is 2.10. The van der Waals surface area contributed by atoms with Gasteiger partial charge in [-0.3, -0.25) is 0 Å². The van der Waals surface area contributed by atoms with Crippen LogP contribution in [0.2, 0.25) is 0 Å². The van der Waals surface area contributed by atoms with Crippen molar-refractivity contribution in [3.05, 3.63) is 0 Å². The number of hydrogen-bond acceptors (Lipinski definition) is 6. The number of aliphatic hydroxyl groups is 2. The third-order valence-corrected chi connectivity index (χ3v) is 3.10. The van der Waals surface area contributed by atoms with Crippen LogP contribution >= 0.6 is 0 Å². The fourth-order valence-electron chi connectivity index (χ4n) is 1.97. The van der Waals surface area contributed by atoms with Crippen LogP contribution < -0.4 is 5.73 Å². The quantitative estimate of drug-likeness (QED) is 0.523. The maximum Gasteiger partial charge on any atom is 0.297 e. The molecular formula is C11H18N5O2+. The molecule has 0 saturated heterocycles. The number of amidine groups is 1. The molecule has 2 aliphatic rings. The fourth-order valence-corrected chi connectivity index (χ4v) is 1.97. The second kappa shape index (κ2) is 5.36. The molecule has 1 atom stereocenters. The number of fused-ring (bicyclic) bond motifs is 1. The van der Waals surface area contributed by atoms with Crippen molar-refractivity contribution in [2.75, 3.05) is 19.8 Å². The molecule has 0 saturated carbocycles. The monoisotopic (exact) mass is 252 g/mol. The van der Waals surface area contributed by atoms with E-state index in [-0.39, 0.29) is 31.1 Å². The average molecular weight is 252 g/mol. The normalized spacial score (nSPS) is 22.3. The Morgan fingerprint density at radius 3 is 2.78 bits per heavy atom. The smallest absolute Gasteiger partial charge is 0.297 e. The largest absolute Gasteiger partial charge is 0.396 e. The maximum absolute atomic E-state index is 9.03. The third kappa shape index (κ3) is 2.46. The average Bonchev–Trinajstić information content (AvgIpc) is 2.74. The Labute approximate surface area is 105 Å². The highest BCUT2D eigenvalue weighted by Crippen LogP contribution is 2.11. The van der Waals surface area contributed by atoms with E-state index in [1.54, 1.807) is 6.34 Å². The predicted molar refractivity (Wildman–Crippen MR) is 69.4 cm³/mol. The molecule has 2 rings (SSSR count). The van der Waals surface area contributed by atoms with Crippen LogP contribution in [0.5, 0.6) is 0 Å². The lowest BCUT2D eigenvalue weighted by Gasteiger charge is -2.11. The molecule has 2 aliphatic heterocycles. The van der Waals surface area contributed by atoms with Gasteiger partial charge >= 0.3 is 0 Å². The zero-order valence-electron chi connectivity index (χ0n) is 10.3. The van der Waals surface area contributed by atoms with Crippen molar-refractivity contribution in [2.45, 2.75) is 19.4 Å². The van der Waals surface area contributed by atoms with E-state index in [4.69, 9.17) is 15.9 Å². The minimum absolute atomic E-state index is 0.0217. The van der Waals surface area contributed by atoms with Crippen molar-refractivity contribution in [1.29, 1.82) is 0 Å². The molecule has 0 amide bonds. The van der Waals surface area contributed by atoms with Crippen LogP contribution in [0.3, 0.4) is 0 Å². The van der Waals surface area contributed by atoms with E-state index in [0.29, 0.717) is 13.0 Å². The first-order valence-corrected chi connectivity index (χ1v) is 5.93. The Bertz CT molecular complexity index is 448. The summed E-state index contributed by atoms with van der Waals surface area (Å²) >= 11 is 0. The number of guanidine groups is 1. The highest BCUT2D eigenvalue weighted by molar-refractivity contribution is 6.19. The Morgan fingerprint density at radius 2 is 2.11 bits per heavy atom. The summed E-state index contributed by atoms with van der Waals surface area (Å²) in [6.45, 7) is 2.47. The van der Waals surface area contributed by atoms with Gasteiger partial charge in [0.1, 0.15) is 0 Å². The number of aliphatic imine (C=N–C) groups is 3. The SMILES string of the molecule is CC1=NC(N)=NC2=[N+](CCC(CO)CO)C=NC12. The lowest BCUT2D eigenvalue weighted by atomic mass is 10.1. The second-order valence-electron chi connectivity index (χ2n) is 4.46. The van der Waals surface area contributed by atoms with Crippen LogP contribution in [0.15, 0.2) is 15.0 Å². The van der Waals surface area contributed by atoms with Crippen molar-refractivity contribution >= 4 is 23.8 Å². The second-order valence-corrected chi connectivity index (χ2v) is 4.46. The fraction of sp³-hybridized carbons (Fsp3) is 0.636. The van der Waals surface area contributed by atoms with Crippen LogP contribution in [0.4, 0.5) is 0 Å². The highest BCUT2D eigenvalue weighted by atomic mass is 16.3. The molecule has 0 spiro atoms. The molecule has 0 radical (unpaired) electrons. The molecule has 4 N–H and O–H groups in total. The van der Waals surface area contributed by atoms with Crippen molar-refractivity contribution in [1.82, 2.24) is 0 Å². The number of nitrogens with two attached hydrogens (primary N) is 1. The van der Waals surface area contributed by atoms with Crippen LogP contribution in [0, 0.1) is 5.92 Å². The van der Waals surface area contributed by atoms with Crippen LogP contribution in [-0.4, -0.2) is 64.4 Å². The lowest BCUT2D eigenvalue weighted by Crippen LogP contribution is -2.35. The van der Waals surface area contributed by atoms with Crippen molar-refractivity contribution in [3.8, 4) is 0 Å². The Morgan fingerprint density at radius 1 is 1.39 bits per heavy atom. The summed E-state index contributed by atoms with van der Waals surface area (Å²) in [6.07, 6.45) is 2.38. The van der Waals surface area contributed by atoms with Crippen molar-refractivity contribution < 1.29 is 14.8 Å². The number of hydrogen-bond donors (Lipinski definition) is 3. The van der Waals surface area contributed by atoms with Gasteiger partial charge < -0.3 is 15.9 Å². The van der Waals surface area contributed by atoms with Gasteiger partial charge in [0, 0.05) is 19.1 Å². The van der Waals surface area contributed by atoms with E-state index in [1.807, 2.05) is 11.5 Å². The number of rotatable bonds is 5. The lowest BCUT2D eigenvalue weighted by molar-refractivity contribution is -0.399. The summed E-state index contributed by atoms with van der Waals surface area (Å²) in [7, 11) is 0. The van der Waals surface area contributed by atoms with Crippen molar-refractivity contribution in [2.24, 2.45) is 26.6 Å². The van der Waals surface area contributed by atoms with Gasteiger partial charge in [-0.15, -0.1) is 4.99 Å². The summed E-state index contributed by atoms with van der Waals surface area (Å²) in [6, 6.07) is -0.140. The molecule has 1 unspecified atom stereocenters. The molecule has 0 aromatic carbocycles. The maximum atomic E-state index is 9.03. The third-order valence-electron chi connectivity index (χ3n) is 3.10. The van der Waals surface area contributed by atoms with Gasteiger partial charge in [0.2, 0.25) is 12.4 Å². The van der Waals surface area contributed by atoms with Crippen molar-refractivity contribution in [3.63, 3.8) is 0 Å².